The van der Waals surface area contributed by atoms with Gasteiger partial charge in [-0.15, -0.1) is 5.10 Å². The van der Waals surface area contributed by atoms with Crippen molar-refractivity contribution in [3.63, 3.8) is 0 Å². The van der Waals surface area contributed by atoms with E-state index in [9.17, 15) is 8.42 Å². The number of anilines is 1. The van der Waals surface area contributed by atoms with E-state index in [-0.39, 0.29) is 0 Å². The number of rotatable bonds is 6. The highest BCUT2D eigenvalue weighted by atomic mass is 79.9. The van der Waals surface area contributed by atoms with Gasteiger partial charge in [-0.3, -0.25) is 0 Å². The lowest BCUT2D eigenvalue weighted by atomic mass is 10.4. The van der Waals surface area contributed by atoms with Crippen LogP contribution in [0.25, 0.3) is 5.65 Å². The molecule has 19 heavy (non-hydrogen) atoms. The van der Waals surface area contributed by atoms with Crippen LogP contribution in [0.1, 0.15) is 6.42 Å². The van der Waals surface area contributed by atoms with Crippen molar-refractivity contribution in [2.45, 2.75) is 6.42 Å². The summed E-state index contributed by atoms with van der Waals surface area (Å²) in [5.41, 5.74) is 0.735. The highest BCUT2D eigenvalue weighted by molar-refractivity contribution is 9.10. The molecular weight excluding hydrogens is 334 g/mol. The van der Waals surface area contributed by atoms with E-state index in [2.05, 4.69) is 36.1 Å². The van der Waals surface area contributed by atoms with E-state index in [1.807, 2.05) is 18.3 Å². The normalized spacial score (nSPS) is 11.9. The van der Waals surface area contributed by atoms with Crippen LogP contribution >= 0.6 is 15.9 Å². The van der Waals surface area contributed by atoms with Crippen molar-refractivity contribution in [1.29, 1.82) is 0 Å². The molecule has 0 radical (unpaired) electrons. The van der Waals surface area contributed by atoms with Crippen LogP contribution in [-0.2, 0) is 10.0 Å². The summed E-state index contributed by atoms with van der Waals surface area (Å²) in [7, 11) is -3.11. The summed E-state index contributed by atoms with van der Waals surface area (Å²) in [6.45, 7) is 0.986. The Morgan fingerprint density at radius 3 is 2.89 bits per heavy atom. The molecule has 0 fully saturated rings. The molecule has 2 N–H and O–H groups in total. The molecule has 0 saturated carbocycles. The summed E-state index contributed by atoms with van der Waals surface area (Å²) < 4.78 is 26.7. The molecule has 0 amide bonds. The van der Waals surface area contributed by atoms with Gasteiger partial charge in [0.1, 0.15) is 0 Å². The first-order chi connectivity index (χ1) is 8.96. The molecule has 0 aromatic carbocycles. The smallest absolute Gasteiger partial charge is 0.243 e. The van der Waals surface area contributed by atoms with Gasteiger partial charge < -0.3 is 5.32 Å². The summed E-state index contributed by atoms with van der Waals surface area (Å²) in [4.78, 5) is 4.31. The van der Waals surface area contributed by atoms with Crippen LogP contribution in [0.4, 0.5) is 5.95 Å². The topological polar surface area (TPSA) is 88.4 Å². The molecule has 9 heteroatoms. The first-order valence-electron chi connectivity index (χ1n) is 5.65. The van der Waals surface area contributed by atoms with Crippen molar-refractivity contribution in [2.75, 3.05) is 24.7 Å². The summed E-state index contributed by atoms with van der Waals surface area (Å²) in [6, 6.07) is 3.76. The summed E-state index contributed by atoms with van der Waals surface area (Å²) in [5, 5.41) is 7.29. The van der Waals surface area contributed by atoms with Gasteiger partial charge in [-0.1, -0.05) is 0 Å². The predicted molar refractivity (Wildman–Crippen MR) is 76.6 cm³/mol. The number of fused-ring (bicyclic) bond motifs is 1. The third-order valence-electron chi connectivity index (χ3n) is 2.32. The number of nitrogens with zero attached hydrogens (tertiary/aromatic N) is 3. The van der Waals surface area contributed by atoms with Crippen molar-refractivity contribution in [2.24, 2.45) is 0 Å². The Morgan fingerprint density at radius 1 is 1.42 bits per heavy atom. The number of pyridine rings is 1. The van der Waals surface area contributed by atoms with Crippen molar-refractivity contribution in [1.82, 2.24) is 19.3 Å². The fourth-order valence-corrected chi connectivity index (χ4v) is 2.43. The Kier molecular flexibility index (Phi) is 4.38. The minimum absolute atomic E-state index is 0.392. The molecule has 0 saturated heterocycles. The second-order valence-corrected chi connectivity index (χ2v) is 6.69. The second kappa shape index (κ2) is 5.85. The van der Waals surface area contributed by atoms with E-state index in [1.54, 1.807) is 4.52 Å². The maximum absolute atomic E-state index is 10.9. The molecule has 2 rings (SSSR count). The van der Waals surface area contributed by atoms with E-state index in [0.29, 0.717) is 25.5 Å². The van der Waals surface area contributed by atoms with Gasteiger partial charge in [-0.05, 0) is 34.5 Å². The third-order valence-corrected chi connectivity index (χ3v) is 3.66. The minimum atomic E-state index is -3.11. The predicted octanol–water partition coefficient (Wildman–Crippen LogP) is 0.843. The fraction of sp³-hybridized carbons (Fsp3) is 0.400. The van der Waals surface area contributed by atoms with Crippen LogP contribution in [0, 0.1) is 0 Å². The monoisotopic (exact) mass is 347 g/mol. The number of nitrogens with one attached hydrogen (secondary N) is 2. The average Bonchev–Trinajstić information content (AvgIpc) is 2.71. The standard InChI is InChI=1S/C10H14BrN5O2S/c1-19(17,18)13-6-3-5-12-10-14-9-8(11)4-2-7-16(9)15-10/h2,4,7,13H,3,5-6H2,1H3,(H,12,15). The van der Waals surface area contributed by atoms with Gasteiger partial charge in [0.15, 0.2) is 5.65 Å². The van der Waals surface area contributed by atoms with Crippen molar-refractivity contribution < 1.29 is 8.42 Å². The first kappa shape index (κ1) is 14.2. The first-order valence-corrected chi connectivity index (χ1v) is 8.33. The Balaban J connectivity index is 1.87. The lowest BCUT2D eigenvalue weighted by molar-refractivity contribution is 0.586. The molecule has 0 unspecified atom stereocenters. The molecule has 2 aromatic rings. The van der Waals surface area contributed by atoms with Crippen LogP contribution in [0.3, 0.4) is 0 Å². The zero-order valence-corrected chi connectivity index (χ0v) is 12.7. The molecule has 7 nitrogen and oxygen atoms in total. The van der Waals surface area contributed by atoms with Crippen LogP contribution < -0.4 is 10.0 Å². The Labute approximate surface area is 119 Å². The quantitative estimate of drug-likeness (QED) is 0.756. The summed E-state index contributed by atoms with van der Waals surface area (Å²) in [6.07, 6.45) is 3.61. The molecule has 104 valence electrons. The van der Waals surface area contributed by atoms with E-state index in [4.69, 9.17) is 0 Å². The number of halogens is 1. The maximum Gasteiger partial charge on any atom is 0.243 e. The van der Waals surface area contributed by atoms with E-state index in [1.165, 1.54) is 0 Å². The zero-order valence-electron chi connectivity index (χ0n) is 10.3. The number of hydrogen-bond acceptors (Lipinski definition) is 5. The van der Waals surface area contributed by atoms with Crippen LogP contribution in [-0.4, -0.2) is 42.4 Å². The van der Waals surface area contributed by atoms with Gasteiger partial charge in [-0.2, -0.15) is 4.98 Å². The van der Waals surface area contributed by atoms with E-state index >= 15 is 0 Å². The maximum atomic E-state index is 10.9. The van der Waals surface area contributed by atoms with Crippen molar-refractivity contribution >= 4 is 37.5 Å². The summed E-state index contributed by atoms with van der Waals surface area (Å²) >= 11 is 3.40. The van der Waals surface area contributed by atoms with Gasteiger partial charge in [0.2, 0.25) is 16.0 Å². The Bertz CT molecular complexity index is 670. The molecule has 0 aliphatic heterocycles. The molecule has 0 atom stereocenters. The van der Waals surface area contributed by atoms with Crippen LogP contribution in [0.2, 0.25) is 0 Å². The molecular formula is C10H14BrN5O2S. The zero-order chi connectivity index (χ0) is 13.9. The molecule has 0 aliphatic rings. The molecule has 2 aromatic heterocycles. The van der Waals surface area contributed by atoms with Gasteiger partial charge in [0.05, 0.1) is 10.7 Å². The second-order valence-electron chi connectivity index (χ2n) is 4.01. The molecule has 0 aliphatic carbocycles. The Morgan fingerprint density at radius 2 is 2.21 bits per heavy atom. The largest absolute Gasteiger partial charge is 0.353 e. The van der Waals surface area contributed by atoms with Gasteiger partial charge in [0.25, 0.3) is 0 Å². The number of sulfonamides is 1. The molecule has 0 spiro atoms. The van der Waals surface area contributed by atoms with Gasteiger partial charge in [-0.25, -0.2) is 17.7 Å². The molecule has 2 heterocycles. The number of hydrogen-bond donors (Lipinski definition) is 2. The molecule has 0 bridgehead atoms. The summed E-state index contributed by atoms with van der Waals surface area (Å²) in [5.74, 6) is 0.520. The highest BCUT2D eigenvalue weighted by Gasteiger charge is 2.05. The van der Waals surface area contributed by atoms with Crippen molar-refractivity contribution in [3.8, 4) is 0 Å². The van der Waals surface area contributed by atoms with Crippen molar-refractivity contribution in [3.05, 3.63) is 22.8 Å². The minimum Gasteiger partial charge on any atom is -0.353 e. The van der Waals surface area contributed by atoms with Crippen LogP contribution in [0.5, 0.6) is 0 Å². The SMILES string of the molecule is CS(=O)(=O)NCCCNc1nc2c(Br)cccn2n1. The van der Waals surface area contributed by atoms with E-state index in [0.717, 1.165) is 16.4 Å². The fourth-order valence-electron chi connectivity index (χ4n) is 1.49. The van der Waals surface area contributed by atoms with E-state index < -0.39 is 10.0 Å². The lowest BCUT2D eigenvalue weighted by Gasteiger charge is -2.02. The third kappa shape index (κ3) is 4.15. The lowest BCUT2D eigenvalue weighted by Crippen LogP contribution is -2.24. The Hall–Kier alpha value is -1.19. The van der Waals surface area contributed by atoms with Crippen LogP contribution in [0.15, 0.2) is 22.8 Å². The number of aromatic nitrogens is 3. The average molecular weight is 348 g/mol. The van der Waals surface area contributed by atoms with Gasteiger partial charge in [0, 0.05) is 19.3 Å². The van der Waals surface area contributed by atoms with Gasteiger partial charge >= 0.3 is 0 Å². The highest BCUT2D eigenvalue weighted by Crippen LogP contribution is 2.16.